The third kappa shape index (κ3) is 3.89. The highest BCUT2D eigenvalue weighted by atomic mass is 32.2. The highest BCUT2D eigenvalue weighted by molar-refractivity contribution is 7.99. The summed E-state index contributed by atoms with van der Waals surface area (Å²) in [6.07, 6.45) is 8.50. The van der Waals surface area contributed by atoms with Crippen molar-refractivity contribution in [3.8, 4) is 0 Å². The van der Waals surface area contributed by atoms with E-state index < -0.39 is 0 Å². The van der Waals surface area contributed by atoms with E-state index in [2.05, 4.69) is 37.8 Å². The molecule has 2 aliphatic rings. The molecule has 0 aromatic heterocycles. The van der Waals surface area contributed by atoms with Crippen LogP contribution < -0.4 is 5.32 Å². The van der Waals surface area contributed by atoms with Crippen LogP contribution in [0.5, 0.6) is 0 Å². The van der Waals surface area contributed by atoms with Crippen LogP contribution in [-0.4, -0.2) is 23.6 Å². The van der Waals surface area contributed by atoms with Crippen LogP contribution in [0.15, 0.2) is 0 Å². The number of hydrogen-bond donors (Lipinski definition) is 1. The van der Waals surface area contributed by atoms with E-state index in [1.807, 2.05) is 0 Å². The third-order valence-electron chi connectivity index (χ3n) is 4.55. The van der Waals surface area contributed by atoms with E-state index in [4.69, 9.17) is 0 Å². The van der Waals surface area contributed by atoms with Crippen molar-refractivity contribution in [2.45, 2.75) is 71.4 Å². The van der Waals surface area contributed by atoms with Gasteiger partial charge in [0.15, 0.2) is 0 Å². The summed E-state index contributed by atoms with van der Waals surface area (Å²) in [5, 5.41) is 4.00. The highest BCUT2D eigenvalue weighted by Crippen LogP contribution is 2.38. The number of rotatable bonds is 2. The third-order valence-corrected chi connectivity index (χ3v) is 5.60. The van der Waals surface area contributed by atoms with Crippen LogP contribution in [0.4, 0.5) is 0 Å². The summed E-state index contributed by atoms with van der Waals surface area (Å²) in [7, 11) is 0. The molecular weight excluding hydrogens is 226 g/mol. The average Bonchev–Trinajstić information content (AvgIpc) is 2.30. The van der Waals surface area contributed by atoms with Crippen LogP contribution in [0.2, 0.25) is 0 Å². The summed E-state index contributed by atoms with van der Waals surface area (Å²) >= 11 is 2.13. The monoisotopic (exact) mass is 255 g/mol. The maximum atomic E-state index is 4.00. The molecule has 0 amide bonds. The molecule has 0 aromatic carbocycles. The minimum Gasteiger partial charge on any atom is -0.311 e. The Labute approximate surface area is 112 Å². The fourth-order valence-electron chi connectivity index (χ4n) is 3.53. The van der Waals surface area contributed by atoms with Crippen LogP contribution in [0.25, 0.3) is 0 Å². The SMILES string of the molecule is CC(C)(C)C1CCCCC1NC1CCSCC1. The van der Waals surface area contributed by atoms with Gasteiger partial charge in [-0.05, 0) is 48.5 Å². The summed E-state index contributed by atoms with van der Waals surface area (Å²) in [5.41, 5.74) is 0.474. The van der Waals surface area contributed by atoms with Gasteiger partial charge in [0.2, 0.25) is 0 Å². The first-order valence-corrected chi connectivity index (χ1v) is 8.56. The summed E-state index contributed by atoms with van der Waals surface area (Å²) < 4.78 is 0. The predicted molar refractivity (Wildman–Crippen MR) is 78.7 cm³/mol. The minimum absolute atomic E-state index is 0.474. The normalized spacial score (nSPS) is 32.6. The molecule has 2 unspecified atom stereocenters. The number of hydrogen-bond acceptors (Lipinski definition) is 2. The molecule has 1 aliphatic heterocycles. The Morgan fingerprint density at radius 1 is 0.941 bits per heavy atom. The van der Waals surface area contributed by atoms with Gasteiger partial charge in [-0.2, -0.15) is 11.8 Å². The van der Waals surface area contributed by atoms with Crippen molar-refractivity contribution in [3.63, 3.8) is 0 Å². The first kappa shape index (κ1) is 13.7. The topological polar surface area (TPSA) is 12.0 Å². The predicted octanol–water partition coefficient (Wildman–Crippen LogP) is 4.08. The molecule has 2 fully saturated rings. The summed E-state index contributed by atoms with van der Waals surface area (Å²) in [4.78, 5) is 0. The second-order valence-electron chi connectivity index (χ2n) is 6.92. The van der Waals surface area contributed by atoms with E-state index in [0.29, 0.717) is 5.41 Å². The lowest BCUT2D eigenvalue weighted by atomic mass is 9.69. The molecule has 0 spiro atoms. The van der Waals surface area contributed by atoms with E-state index in [1.165, 1.54) is 50.0 Å². The minimum atomic E-state index is 0.474. The van der Waals surface area contributed by atoms with Gasteiger partial charge in [0.1, 0.15) is 0 Å². The van der Waals surface area contributed by atoms with Crippen molar-refractivity contribution in [3.05, 3.63) is 0 Å². The Balaban J connectivity index is 1.91. The van der Waals surface area contributed by atoms with Crippen LogP contribution in [-0.2, 0) is 0 Å². The fourth-order valence-corrected chi connectivity index (χ4v) is 4.64. The van der Waals surface area contributed by atoms with Crippen LogP contribution in [0.3, 0.4) is 0 Å². The number of nitrogens with one attached hydrogen (secondary N) is 1. The molecule has 2 rings (SSSR count). The number of thioether (sulfide) groups is 1. The molecule has 2 heteroatoms. The molecule has 1 saturated heterocycles. The summed E-state index contributed by atoms with van der Waals surface area (Å²) in [6, 6.07) is 1.60. The van der Waals surface area contributed by atoms with E-state index in [0.717, 1.165) is 18.0 Å². The van der Waals surface area contributed by atoms with Gasteiger partial charge in [-0.3, -0.25) is 0 Å². The molecule has 1 aliphatic carbocycles. The van der Waals surface area contributed by atoms with Crippen LogP contribution in [0, 0.1) is 11.3 Å². The van der Waals surface area contributed by atoms with Gasteiger partial charge < -0.3 is 5.32 Å². The Kier molecular flexibility index (Phi) is 4.82. The van der Waals surface area contributed by atoms with Gasteiger partial charge in [0.05, 0.1) is 0 Å². The molecule has 1 N–H and O–H groups in total. The fraction of sp³-hybridized carbons (Fsp3) is 1.00. The molecule has 100 valence electrons. The van der Waals surface area contributed by atoms with E-state index in [1.54, 1.807) is 0 Å². The van der Waals surface area contributed by atoms with Crippen molar-refractivity contribution in [2.75, 3.05) is 11.5 Å². The molecule has 1 nitrogen and oxygen atoms in total. The Hall–Kier alpha value is 0.310. The van der Waals surface area contributed by atoms with Crippen LogP contribution in [0.1, 0.15) is 59.3 Å². The zero-order chi connectivity index (χ0) is 12.3. The van der Waals surface area contributed by atoms with E-state index >= 15 is 0 Å². The van der Waals surface area contributed by atoms with Crippen molar-refractivity contribution in [1.82, 2.24) is 5.32 Å². The van der Waals surface area contributed by atoms with Gasteiger partial charge in [-0.1, -0.05) is 33.6 Å². The average molecular weight is 255 g/mol. The second-order valence-corrected chi connectivity index (χ2v) is 8.14. The van der Waals surface area contributed by atoms with Crippen LogP contribution >= 0.6 is 11.8 Å². The summed E-state index contributed by atoms with van der Waals surface area (Å²) in [5.74, 6) is 3.61. The van der Waals surface area contributed by atoms with Gasteiger partial charge in [-0.25, -0.2) is 0 Å². The quantitative estimate of drug-likeness (QED) is 0.798. The lowest BCUT2D eigenvalue weighted by Gasteiger charge is -2.43. The Morgan fingerprint density at radius 2 is 1.59 bits per heavy atom. The smallest absolute Gasteiger partial charge is 0.0103 e. The largest absolute Gasteiger partial charge is 0.311 e. The molecule has 1 saturated carbocycles. The first-order valence-electron chi connectivity index (χ1n) is 7.41. The maximum Gasteiger partial charge on any atom is 0.0103 e. The van der Waals surface area contributed by atoms with Crippen molar-refractivity contribution < 1.29 is 0 Å². The lowest BCUT2D eigenvalue weighted by molar-refractivity contribution is 0.121. The van der Waals surface area contributed by atoms with Gasteiger partial charge >= 0.3 is 0 Å². The van der Waals surface area contributed by atoms with Gasteiger partial charge in [0, 0.05) is 12.1 Å². The van der Waals surface area contributed by atoms with Crippen molar-refractivity contribution in [1.29, 1.82) is 0 Å². The van der Waals surface area contributed by atoms with E-state index in [-0.39, 0.29) is 0 Å². The maximum absolute atomic E-state index is 4.00. The standard InChI is InChI=1S/C15H29NS/c1-15(2,3)13-6-4-5-7-14(13)16-12-8-10-17-11-9-12/h12-14,16H,4-11H2,1-3H3. The molecular formula is C15H29NS. The molecule has 17 heavy (non-hydrogen) atoms. The van der Waals surface area contributed by atoms with Crippen molar-refractivity contribution >= 4 is 11.8 Å². The lowest BCUT2D eigenvalue weighted by Crippen LogP contribution is -2.49. The summed E-state index contributed by atoms with van der Waals surface area (Å²) in [6.45, 7) is 7.27. The van der Waals surface area contributed by atoms with Crippen molar-refractivity contribution in [2.24, 2.45) is 11.3 Å². The van der Waals surface area contributed by atoms with Gasteiger partial charge in [-0.15, -0.1) is 0 Å². The molecule has 0 radical (unpaired) electrons. The highest BCUT2D eigenvalue weighted by Gasteiger charge is 2.35. The Bertz CT molecular complexity index is 228. The van der Waals surface area contributed by atoms with E-state index in [9.17, 15) is 0 Å². The Morgan fingerprint density at radius 3 is 2.24 bits per heavy atom. The zero-order valence-electron chi connectivity index (χ0n) is 11.8. The van der Waals surface area contributed by atoms with Gasteiger partial charge in [0.25, 0.3) is 0 Å². The first-order chi connectivity index (χ1) is 8.07. The molecule has 1 heterocycles. The molecule has 0 bridgehead atoms. The molecule has 0 aromatic rings. The second kappa shape index (κ2) is 5.97. The molecule has 2 atom stereocenters. The zero-order valence-corrected chi connectivity index (χ0v) is 12.6.